The summed E-state index contributed by atoms with van der Waals surface area (Å²) in [6, 6.07) is 16.7. The fourth-order valence-corrected chi connectivity index (χ4v) is 2.81. The van der Waals surface area contributed by atoms with E-state index in [1.54, 1.807) is 6.33 Å². The van der Waals surface area contributed by atoms with Crippen molar-refractivity contribution >= 4 is 16.6 Å². The van der Waals surface area contributed by atoms with E-state index in [0.29, 0.717) is 0 Å². The Labute approximate surface area is 134 Å². The first-order valence-electron chi connectivity index (χ1n) is 7.54. The molecule has 0 spiro atoms. The third kappa shape index (κ3) is 2.57. The number of hydrogen-bond donors (Lipinski definition) is 2. The Kier molecular flexibility index (Phi) is 3.31. The van der Waals surface area contributed by atoms with Crippen molar-refractivity contribution in [3.8, 4) is 11.4 Å². The van der Waals surface area contributed by atoms with Gasteiger partial charge in [0, 0.05) is 31.0 Å². The average molecular weight is 303 g/mol. The van der Waals surface area contributed by atoms with E-state index in [2.05, 4.69) is 56.9 Å². The minimum Gasteiger partial charge on any atom is -0.381 e. The molecule has 0 amide bonds. The number of nitrogens with one attached hydrogen (secondary N) is 2. The van der Waals surface area contributed by atoms with Crippen molar-refractivity contribution in [1.29, 1.82) is 0 Å². The minimum absolute atomic E-state index is 0.764. The average Bonchev–Trinajstić information content (AvgIpc) is 3.22. The Bertz CT molecular complexity index is 951. The Hall–Kier alpha value is -3.08. The van der Waals surface area contributed by atoms with E-state index in [1.165, 1.54) is 16.5 Å². The van der Waals surface area contributed by atoms with Crippen LogP contribution in [0.5, 0.6) is 0 Å². The lowest BCUT2D eigenvalue weighted by Crippen LogP contribution is -2.00. The molecule has 2 aromatic carbocycles. The van der Waals surface area contributed by atoms with Crippen molar-refractivity contribution in [1.82, 2.24) is 19.7 Å². The molecular weight excluding hydrogens is 286 g/mol. The van der Waals surface area contributed by atoms with E-state index < -0.39 is 0 Å². The van der Waals surface area contributed by atoms with Gasteiger partial charge in [-0.15, -0.1) is 10.2 Å². The van der Waals surface area contributed by atoms with Crippen LogP contribution in [0.15, 0.2) is 61.1 Å². The summed E-state index contributed by atoms with van der Waals surface area (Å²) in [4.78, 5) is 3.30. The quantitative estimate of drug-likeness (QED) is 0.606. The van der Waals surface area contributed by atoms with Crippen molar-refractivity contribution in [3.05, 3.63) is 66.6 Å². The maximum atomic E-state index is 4.16. The third-order valence-electron chi connectivity index (χ3n) is 3.99. The van der Waals surface area contributed by atoms with Crippen LogP contribution in [0, 0.1) is 0 Å². The highest BCUT2D eigenvalue weighted by Crippen LogP contribution is 2.22. The van der Waals surface area contributed by atoms with Gasteiger partial charge in [-0.05, 0) is 29.1 Å². The second-order valence-electron chi connectivity index (χ2n) is 5.56. The predicted molar refractivity (Wildman–Crippen MR) is 92.1 cm³/mol. The number of aryl methyl sites for hydroxylation is 1. The highest BCUT2D eigenvalue weighted by atomic mass is 15.2. The molecule has 5 nitrogen and oxygen atoms in total. The normalized spacial score (nSPS) is 11.0. The number of nitrogens with zero attached hydrogens (tertiary/aromatic N) is 3. The lowest BCUT2D eigenvalue weighted by Gasteiger charge is -2.09. The molecule has 0 atom stereocenters. The number of benzene rings is 2. The van der Waals surface area contributed by atoms with E-state index in [1.807, 2.05) is 29.9 Å². The van der Waals surface area contributed by atoms with Gasteiger partial charge in [0.1, 0.15) is 6.33 Å². The van der Waals surface area contributed by atoms with Gasteiger partial charge < -0.3 is 14.9 Å². The van der Waals surface area contributed by atoms with Crippen molar-refractivity contribution in [2.24, 2.45) is 7.05 Å². The molecule has 23 heavy (non-hydrogen) atoms. The first-order chi connectivity index (χ1) is 11.3. The lowest BCUT2D eigenvalue weighted by molar-refractivity contribution is 0.920. The number of anilines is 1. The summed E-state index contributed by atoms with van der Waals surface area (Å²) in [6.45, 7) is 0.764. The summed E-state index contributed by atoms with van der Waals surface area (Å²) < 4.78 is 1.92. The van der Waals surface area contributed by atoms with E-state index in [4.69, 9.17) is 0 Å². The van der Waals surface area contributed by atoms with Crippen LogP contribution in [-0.4, -0.2) is 19.7 Å². The van der Waals surface area contributed by atoms with Crippen LogP contribution < -0.4 is 5.32 Å². The number of fused-ring (bicyclic) bond motifs is 1. The molecule has 0 fully saturated rings. The Morgan fingerprint density at radius 2 is 2.04 bits per heavy atom. The van der Waals surface area contributed by atoms with E-state index in [0.717, 1.165) is 23.6 Å². The highest BCUT2D eigenvalue weighted by molar-refractivity contribution is 5.82. The van der Waals surface area contributed by atoms with Crippen LogP contribution in [0.3, 0.4) is 0 Å². The third-order valence-corrected chi connectivity index (χ3v) is 3.99. The zero-order chi connectivity index (χ0) is 15.6. The van der Waals surface area contributed by atoms with Gasteiger partial charge in [0.2, 0.25) is 0 Å². The summed E-state index contributed by atoms with van der Waals surface area (Å²) in [6.07, 6.45) is 3.68. The van der Waals surface area contributed by atoms with Crippen LogP contribution in [0.1, 0.15) is 5.56 Å². The standard InChI is InChI=1S/C18H17N5/c1-23-12-21-22-18(23)14-5-3-7-16(10-14)20-11-15-6-2-4-13-8-9-19-17(13)15/h2-10,12,19-20H,11H2,1H3. The monoisotopic (exact) mass is 303 g/mol. The molecule has 0 saturated heterocycles. The fourth-order valence-electron chi connectivity index (χ4n) is 2.81. The zero-order valence-corrected chi connectivity index (χ0v) is 12.8. The summed E-state index contributed by atoms with van der Waals surface area (Å²) in [5.41, 5.74) is 4.54. The molecule has 114 valence electrons. The van der Waals surface area contributed by atoms with Gasteiger partial charge in [0.25, 0.3) is 0 Å². The van der Waals surface area contributed by atoms with Crippen LogP contribution in [0.2, 0.25) is 0 Å². The lowest BCUT2D eigenvalue weighted by atomic mass is 10.1. The minimum atomic E-state index is 0.764. The number of H-pyrrole nitrogens is 1. The van der Waals surface area contributed by atoms with Gasteiger partial charge in [-0.1, -0.05) is 30.3 Å². The molecule has 2 aromatic heterocycles. The molecule has 5 heteroatoms. The van der Waals surface area contributed by atoms with Crippen molar-refractivity contribution in [3.63, 3.8) is 0 Å². The van der Waals surface area contributed by atoms with Gasteiger partial charge in [-0.3, -0.25) is 0 Å². The molecule has 0 aliphatic heterocycles. The smallest absolute Gasteiger partial charge is 0.163 e. The van der Waals surface area contributed by atoms with Crippen molar-refractivity contribution < 1.29 is 0 Å². The molecule has 2 N–H and O–H groups in total. The first kappa shape index (κ1) is 13.6. The van der Waals surface area contributed by atoms with Gasteiger partial charge in [-0.25, -0.2) is 0 Å². The Morgan fingerprint density at radius 3 is 2.91 bits per heavy atom. The van der Waals surface area contributed by atoms with Gasteiger partial charge in [-0.2, -0.15) is 0 Å². The molecule has 2 heterocycles. The summed E-state index contributed by atoms with van der Waals surface area (Å²) in [5, 5.41) is 12.8. The van der Waals surface area contributed by atoms with Crippen LogP contribution in [0.25, 0.3) is 22.3 Å². The molecule has 4 aromatic rings. The number of hydrogen-bond acceptors (Lipinski definition) is 3. The number of para-hydroxylation sites is 1. The number of aromatic amines is 1. The SMILES string of the molecule is Cn1cnnc1-c1cccc(NCc2cccc3cc[nH]c23)c1. The van der Waals surface area contributed by atoms with Crippen LogP contribution in [0.4, 0.5) is 5.69 Å². The molecule has 0 bridgehead atoms. The van der Waals surface area contributed by atoms with E-state index in [-0.39, 0.29) is 0 Å². The number of aromatic nitrogens is 4. The van der Waals surface area contributed by atoms with E-state index >= 15 is 0 Å². The largest absolute Gasteiger partial charge is 0.381 e. The fraction of sp³-hybridized carbons (Fsp3) is 0.111. The van der Waals surface area contributed by atoms with Crippen molar-refractivity contribution in [2.75, 3.05) is 5.32 Å². The maximum Gasteiger partial charge on any atom is 0.163 e. The second kappa shape index (κ2) is 5.61. The molecule has 4 rings (SSSR count). The summed E-state index contributed by atoms with van der Waals surface area (Å²) >= 11 is 0. The topological polar surface area (TPSA) is 58.5 Å². The van der Waals surface area contributed by atoms with Gasteiger partial charge in [0.05, 0.1) is 5.52 Å². The zero-order valence-electron chi connectivity index (χ0n) is 12.8. The van der Waals surface area contributed by atoms with Crippen molar-refractivity contribution in [2.45, 2.75) is 6.54 Å². The summed E-state index contributed by atoms with van der Waals surface area (Å²) in [7, 11) is 1.95. The Balaban J connectivity index is 1.58. The van der Waals surface area contributed by atoms with Gasteiger partial charge in [0.15, 0.2) is 5.82 Å². The highest BCUT2D eigenvalue weighted by Gasteiger charge is 2.06. The maximum absolute atomic E-state index is 4.16. The predicted octanol–water partition coefficient (Wildman–Crippen LogP) is 3.58. The summed E-state index contributed by atoms with van der Waals surface area (Å²) in [5.74, 6) is 0.861. The molecular formula is C18H17N5. The van der Waals surface area contributed by atoms with Gasteiger partial charge >= 0.3 is 0 Å². The molecule has 0 unspecified atom stereocenters. The molecule has 0 saturated carbocycles. The second-order valence-corrected chi connectivity index (χ2v) is 5.56. The first-order valence-corrected chi connectivity index (χ1v) is 7.54. The van der Waals surface area contributed by atoms with E-state index in [9.17, 15) is 0 Å². The molecule has 0 radical (unpaired) electrons. The van der Waals surface area contributed by atoms with Crippen LogP contribution in [-0.2, 0) is 13.6 Å². The van der Waals surface area contributed by atoms with Crippen LogP contribution >= 0.6 is 0 Å². The Morgan fingerprint density at radius 1 is 1.13 bits per heavy atom. The molecule has 0 aliphatic rings. The number of rotatable bonds is 4. The molecule has 0 aliphatic carbocycles.